The molecular weight excluding hydrogens is 279 g/mol. The summed E-state index contributed by atoms with van der Waals surface area (Å²) in [6.07, 6.45) is 2.61. The highest BCUT2D eigenvalue weighted by molar-refractivity contribution is 9.10. The van der Waals surface area contributed by atoms with Crippen molar-refractivity contribution in [3.63, 3.8) is 0 Å². The van der Waals surface area contributed by atoms with Crippen molar-refractivity contribution in [1.29, 1.82) is 0 Å². The van der Waals surface area contributed by atoms with Crippen molar-refractivity contribution >= 4 is 33.4 Å². The van der Waals surface area contributed by atoms with Gasteiger partial charge < -0.3 is 5.32 Å². The van der Waals surface area contributed by atoms with E-state index in [0.29, 0.717) is 17.5 Å². The summed E-state index contributed by atoms with van der Waals surface area (Å²) in [5.74, 6) is 0.427. The highest BCUT2D eigenvalue weighted by Crippen LogP contribution is 2.29. The van der Waals surface area contributed by atoms with Crippen molar-refractivity contribution in [2.75, 3.05) is 0 Å². The van der Waals surface area contributed by atoms with Crippen LogP contribution in [0.4, 0.5) is 0 Å². The van der Waals surface area contributed by atoms with Gasteiger partial charge in [-0.3, -0.25) is 4.79 Å². The van der Waals surface area contributed by atoms with Gasteiger partial charge in [-0.2, -0.15) is 0 Å². The van der Waals surface area contributed by atoms with Gasteiger partial charge in [-0.05, 0) is 34.3 Å². The van der Waals surface area contributed by atoms with Crippen LogP contribution in [0.5, 0.6) is 0 Å². The summed E-state index contributed by atoms with van der Waals surface area (Å²) in [4.78, 5) is 15.7. The Hall–Kier alpha value is -0.610. The molecule has 0 aliphatic heterocycles. The summed E-state index contributed by atoms with van der Waals surface area (Å²) in [6, 6.07) is 1.98. The van der Waals surface area contributed by atoms with Crippen molar-refractivity contribution in [3.8, 4) is 0 Å². The van der Waals surface area contributed by atoms with Crippen molar-refractivity contribution in [3.05, 3.63) is 27.5 Å². The molecule has 0 bridgehead atoms. The first-order valence-electron chi connectivity index (χ1n) is 4.70. The maximum absolute atomic E-state index is 11.8. The van der Waals surface area contributed by atoms with E-state index in [0.717, 1.165) is 10.9 Å². The van der Waals surface area contributed by atoms with Crippen molar-refractivity contribution in [2.24, 2.45) is 5.92 Å². The minimum absolute atomic E-state index is 0.150. The molecule has 0 aromatic carbocycles. The number of carbonyl (C=O) groups excluding carboxylic acids is 1. The summed E-state index contributed by atoms with van der Waals surface area (Å²) in [5, 5.41) is 3.14. The molecule has 0 spiro atoms. The van der Waals surface area contributed by atoms with Gasteiger partial charge in [0.2, 0.25) is 0 Å². The number of hydrogen-bond donors (Lipinski definition) is 1. The van der Waals surface area contributed by atoms with Crippen LogP contribution in [-0.2, 0) is 0 Å². The van der Waals surface area contributed by atoms with Gasteiger partial charge in [-0.25, -0.2) is 4.98 Å². The highest BCUT2D eigenvalue weighted by atomic mass is 79.9. The van der Waals surface area contributed by atoms with Gasteiger partial charge >= 0.3 is 0 Å². The maximum atomic E-state index is 11.8. The third-order valence-electron chi connectivity index (χ3n) is 2.48. The van der Waals surface area contributed by atoms with Crippen LogP contribution in [0, 0.1) is 5.92 Å². The van der Waals surface area contributed by atoms with Crippen LogP contribution in [0.15, 0.2) is 16.7 Å². The predicted molar refractivity (Wildman–Crippen MR) is 62.0 cm³/mol. The largest absolute Gasteiger partial charge is 0.349 e. The predicted octanol–water partition coefficient (Wildman–Crippen LogP) is 2.64. The molecule has 80 valence electrons. The number of pyridine rings is 1. The molecule has 1 saturated carbocycles. The molecule has 2 unspecified atom stereocenters. The van der Waals surface area contributed by atoms with Gasteiger partial charge in [0.15, 0.2) is 0 Å². The molecular formula is C10H10BrClN2O. The van der Waals surface area contributed by atoms with E-state index in [1.54, 1.807) is 12.3 Å². The normalized spacial score (nSPS) is 23.7. The molecule has 1 fully saturated rings. The number of rotatable bonds is 2. The Morgan fingerprint density at radius 1 is 1.73 bits per heavy atom. The van der Waals surface area contributed by atoms with Crippen molar-refractivity contribution < 1.29 is 4.79 Å². The summed E-state index contributed by atoms with van der Waals surface area (Å²) in [6.45, 7) is 2.10. The number of halogens is 2. The van der Waals surface area contributed by atoms with Gasteiger partial charge in [0.1, 0.15) is 5.15 Å². The third kappa shape index (κ3) is 2.49. The summed E-state index contributed by atoms with van der Waals surface area (Å²) < 4.78 is 0.751. The zero-order valence-electron chi connectivity index (χ0n) is 8.13. The molecule has 1 N–H and O–H groups in total. The Morgan fingerprint density at radius 3 is 3.00 bits per heavy atom. The average Bonchev–Trinajstić information content (AvgIpc) is 2.86. The Kier molecular flexibility index (Phi) is 2.98. The maximum Gasteiger partial charge on any atom is 0.254 e. The van der Waals surface area contributed by atoms with Crippen LogP contribution >= 0.6 is 27.5 Å². The summed E-state index contributed by atoms with van der Waals surface area (Å²) >= 11 is 9.10. The van der Waals surface area contributed by atoms with Gasteiger partial charge in [-0.15, -0.1) is 0 Å². The second-order valence-corrected chi connectivity index (χ2v) is 5.06. The first-order valence-corrected chi connectivity index (χ1v) is 5.87. The summed E-state index contributed by atoms with van der Waals surface area (Å²) in [7, 11) is 0. The standard InChI is InChI=1S/C10H10BrClN2O/c1-5-2-8(5)14-10(15)7-3-6(11)4-13-9(7)12/h3-5,8H,2H2,1H3,(H,14,15). The number of hydrogen-bond acceptors (Lipinski definition) is 2. The molecule has 0 saturated heterocycles. The smallest absolute Gasteiger partial charge is 0.254 e. The fraction of sp³-hybridized carbons (Fsp3) is 0.400. The fourth-order valence-electron chi connectivity index (χ4n) is 1.35. The number of aromatic nitrogens is 1. The van der Waals surface area contributed by atoms with E-state index < -0.39 is 0 Å². The Morgan fingerprint density at radius 2 is 2.40 bits per heavy atom. The molecule has 1 amide bonds. The number of nitrogens with one attached hydrogen (secondary N) is 1. The molecule has 1 aromatic rings. The molecule has 2 rings (SSSR count). The van der Waals surface area contributed by atoms with E-state index in [1.807, 2.05) is 0 Å². The Labute approximate surface area is 101 Å². The molecule has 1 heterocycles. The van der Waals surface area contributed by atoms with Crippen LogP contribution < -0.4 is 5.32 Å². The summed E-state index contributed by atoms with van der Waals surface area (Å²) in [5.41, 5.74) is 0.421. The van der Waals surface area contributed by atoms with Crippen LogP contribution in [0.2, 0.25) is 5.15 Å². The van der Waals surface area contributed by atoms with Crippen LogP contribution in [0.1, 0.15) is 23.7 Å². The number of nitrogens with zero attached hydrogens (tertiary/aromatic N) is 1. The van der Waals surface area contributed by atoms with Crippen LogP contribution in [-0.4, -0.2) is 16.9 Å². The molecule has 1 aliphatic rings. The SMILES string of the molecule is CC1CC1NC(=O)c1cc(Br)cnc1Cl. The third-order valence-corrected chi connectivity index (χ3v) is 3.21. The van der Waals surface area contributed by atoms with E-state index in [9.17, 15) is 4.79 Å². The van der Waals surface area contributed by atoms with E-state index in [4.69, 9.17) is 11.6 Å². The van der Waals surface area contributed by atoms with E-state index in [2.05, 4.69) is 33.2 Å². The van der Waals surface area contributed by atoms with E-state index >= 15 is 0 Å². The zero-order valence-corrected chi connectivity index (χ0v) is 10.5. The molecule has 2 atom stereocenters. The Balaban J connectivity index is 2.14. The van der Waals surface area contributed by atoms with E-state index in [-0.39, 0.29) is 11.1 Å². The molecule has 0 radical (unpaired) electrons. The molecule has 15 heavy (non-hydrogen) atoms. The molecule has 1 aromatic heterocycles. The van der Waals surface area contributed by atoms with Crippen molar-refractivity contribution in [2.45, 2.75) is 19.4 Å². The van der Waals surface area contributed by atoms with Gasteiger partial charge in [0.25, 0.3) is 5.91 Å². The first kappa shape index (κ1) is 10.9. The minimum Gasteiger partial charge on any atom is -0.349 e. The fourth-order valence-corrected chi connectivity index (χ4v) is 1.87. The minimum atomic E-state index is -0.150. The average molecular weight is 290 g/mol. The van der Waals surface area contributed by atoms with Crippen LogP contribution in [0.25, 0.3) is 0 Å². The second kappa shape index (κ2) is 4.10. The topological polar surface area (TPSA) is 42.0 Å². The lowest BCUT2D eigenvalue weighted by Gasteiger charge is -2.05. The molecule has 5 heteroatoms. The van der Waals surface area contributed by atoms with Crippen molar-refractivity contribution in [1.82, 2.24) is 10.3 Å². The first-order chi connectivity index (χ1) is 7.08. The lowest BCUT2D eigenvalue weighted by molar-refractivity contribution is 0.0949. The lowest BCUT2D eigenvalue weighted by atomic mass is 10.2. The van der Waals surface area contributed by atoms with Gasteiger partial charge in [0.05, 0.1) is 5.56 Å². The number of amides is 1. The van der Waals surface area contributed by atoms with Crippen LogP contribution in [0.3, 0.4) is 0 Å². The van der Waals surface area contributed by atoms with Gasteiger partial charge in [0, 0.05) is 16.7 Å². The zero-order chi connectivity index (χ0) is 11.0. The van der Waals surface area contributed by atoms with Gasteiger partial charge in [-0.1, -0.05) is 18.5 Å². The second-order valence-electron chi connectivity index (χ2n) is 3.78. The molecule has 3 nitrogen and oxygen atoms in total. The Bertz CT molecular complexity index is 410. The molecule has 1 aliphatic carbocycles. The monoisotopic (exact) mass is 288 g/mol. The number of carbonyl (C=O) groups is 1. The quantitative estimate of drug-likeness (QED) is 0.851. The lowest BCUT2D eigenvalue weighted by Crippen LogP contribution is -2.27. The van der Waals surface area contributed by atoms with E-state index in [1.165, 1.54) is 0 Å². The highest BCUT2D eigenvalue weighted by Gasteiger charge is 2.34.